The van der Waals surface area contributed by atoms with Gasteiger partial charge in [-0.25, -0.2) is 0 Å². The van der Waals surface area contributed by atoms with Crippen molar-refractivity contribution in [1.82, 2.24) is 0 Å². The van der Waals surface area contributed by atoms with Crippen molar-refractivity contribution in [2.75, 3.05) is 6.26 Å². The minimum absolute atomic E-state index is 0.432. The van der Waals surface area contributed by atoms with E-state index in [0.717, 1.165) is 5.41 Å². The van der Waals surface area contributed by atoms with Gasteiger partial charge < -0.3 is 0 Å². The van der Waals surface area contributed by atoms with Gasteiger partial charge >= 0.3 is 0 Å². The molecule has 1 aromatic carbocycles. The van der Waals surface area contributed by atoms with Gasteiger partial charge in [0.05, 0.1) is 0 Å². The van der Waals surface area contributed by atoms with E-state index in [9.17, 15) is 0 Å². The number of rotatable bonds is 2. The van der Waals surface area contributed by atoms with Crippen molar-refractivity contribution in [1.29, 1.82) is 0 Å². The maximum absolute atomic E-state index is 3.51. The van der Waals surface area contributed by atoms with Crippen LogP contribution in [0.3, 0.4) is 0 Å². The summed E-state index contributed by atoms with van der Waals surface area (Å²) in [5.41, 5.74) is 2.27. The van der Waals surface area contributed by atoms with Gasteiger partial charge in [-0.1, -0.05) is 34.5 Å². The SMILES string of the molecule is CSC1(c2ccc(Br)cc2)CC2(CCC2)C1. The molecule has 86 valence electrons. The van der Waals surface area contributed by atoms with E-state index < -0.39 is 0 Å². The van der Waals surface area contributed by atoms with Crippen LogP contribution >= 0.6 is 27.7 Å². The Morgan fingerprint density at radius 3 is 2.19 bits per heavy atom. The predicted octanol–water partition coefficient (Wildman–Crippen LogP) is 4.97. The van der Waals surface area contributed by atoms with E-state index in [-0.39, 0.29) is 0 Å². The summed E-state index contributed by atoms with van der Waals surface area (Å²) in [6.07, 6.45) is 9.50. The van der Waals surface area contributed by atoms with E-state index in [0.29, 0.717) is 4.75 Å². The summed E-state index contributed by atoms with van der Waals surface area (Å²) in [4.78, 5) is 0. The van der Waals surface area contributed by atoms with E-state index in [4.69, 9.17) is 0 Å². The summed E-state index contributed by atoms with van der Waals surface area (Å²) in [7, 11) is 0. The molecule has 0 saturated heterocycles. The van der Waals surface area contributed by atoms with Crippen LogP contribution in [-0.2, 0) is 4.75 Å². The van der Waals surface area contributed by atoms with Gasteiger partial charge in [0.15, 0.2) is 0 Å². The lowest BCUT2D eigenvalue weighted by Gasteiger charge is -2.61. The first kappa shape index (κ1) is 11.2. The zero-order valence-corrected chi connectivity index (χ0v) is 12.0. The van der Waals surface area contributed by atoms with Gasteiger partial charge in [-0.3, -0.25) is 0 Å². The number of hydrogen-bond donors (Lipinski definition) is 0. The molecule has 2 aliphatic rings. The second-order valence-electron chi connectivity index (χ2n) is 5.41. The van der Waals surface area contributed by atoms with Crippen LogP contribution in [0.25, 0.3) is 0 Å². The summed E-state index contributed by atoms with van der Waals surface area (Å²) in [6, 6.07) is 8.95. The Balaban J connectivity index is 1.84. The molecule has 2 heteroatoms. The van der Waals surface area contributed by atoms with Gasteiger partial charge in [-0.05, 0) is 55.1 Å². The van der Waals surface area contributed by atoms with Crippen LogP contribution in [0.5, 0.6) is 0 Å². The average molecular weight is 297 g/mol. The number of hydrogen-bond acceptors (Lipinski definition) is 1. The van der Waals surface area contributed by atoms with Crippen LogP contribution in [0.2, 0.25) is 0 Å². The van der Waals surface area contributed by atoms with Gasteiger partial charge in [0.25, 0.3) is 0 Å². The third-order valence-corrected chi connectivity index (χ3v) is 6.33. The first-order chi connectivity index (χ1) is 7.68. The van der Waals surface area contributed by atoms with Crippen LogP contribution in [0.4, 0.5) is 0 Å². The first-order valence-corrected chi connectivity index (χ1v) is 8.01. The van der Waals surface area contributed by atoms with Crippen molar-refractivity contribution in [3.8, 4) is 0 Å². The Hall–Kier alpha value is 0.0500. The fourth-order valence-corrected chi connectivity index (χ4v) is 4.95. The molecule has 0 N–H and O–H groups in total. The molecule has 2 fully saturated rings. The van der Waals surface area contributed by atoms with Crippen molar-refractivity contribution >= 4 is 27.7 Å². The van der Waals surface area contributed by atoms with E-state index in [1.165, 1.54) is 42.1 Å². The van der Waals surface area contributed by atoms with Crippen LogP contribution < -0.4 is 0 Å². The van der Waals surface area contributed by atoms with Crippen molar-refractivity contribution in [2.45, 2.75) is 36.9 Å². The Bertz CT molecular complexity index is 384. The van der Waals surface area contributed by atoms with Gasteiger partial charge in [0.1, 0.15) is 0 Å². The summed E-state index contributed by atoms with van der Waals surface area (Å²) in [5, 5.41) is 0. The van der Waals surface area contributed by atoms with Crippen LogP contribution in [0.15, 0.2) is 28.7 Å². The standard InChI is InChI=1S/C14H17BrS/c1-16-14(9-13(10-14)7-2-8-13)11-3-5-12(15)6-4-11/h3-6H,2,7-10H2,1H3. The monoisotopic (exact) mass is 296 g/mol. The minimum atomic E-state index is 0.432. The Kier molecular flexibility index (Phi) is 2.63. The third-order valence-electron chi connectivity index (χ3n) is 4.50. The highest BCUT2D eigenvalue weighted by atomic mass is 79.9. The number of halogens is 1. The highest BCUT2D eigenvalue weighted by Crippen LogP contribution is 2.68. The molecular weight excluding hydrogens is 280 g/mol. The largest absolute Gasteiger partial charge is 0.154 e. The molecule has 0 amide bonds. The molecule has 0 unspecified atom stereocenters. The molecule has 0 atom stereocenters. The van der Waals surface area contributed by atoms with Crippen molar-refractivity contribution < 1.29 is 0 Å². The molecule has 16 heavy (non-hydrogen) atoms. The smallest absolute Gasteiger partial charge is 0.0416 e. The Morgan fingerprint density at radius 1 is 1.12 bits per heavy atom. The molecular formula is C14H17BrS. The molecule has 1 spiro atoms. The molecule has 0 aliphatic heterocycles. The molecule has 0 radical (unpaired) electrons. The normalized spacial score (nSPS) is 24.9. The number of thioether (sulfide) groups is 1. The van der Waals surface area contributed by atoms with Gasteiger partial charge in [0.2, 0.25) is 0 Å². The fourth-order valence-electron chi connectivity index (χ4n) is 3.41. The highest BCUT2D eigenvalue weighted by Gasteiger charge is 2.57. The van der Waals surface area contributed by atoms with Crippen LogP contribution in [0.1, 0.15) is 37.7 Å². The zero-order chi connectivity index (χ0) is 11.2. The lowest BCUT2D eigenvalue weighted by Crippen LogP contribution is -2.51. The Labute approximate surface area is 110 Å². The average Bonchev–Trinajstić information content (AvgIpc) is 2.17. The summed E-state index contributed by atoms with van der Waals surface area (Å²) < 4.78 is 1.62. The van der Waals surface area contributed by atoms with E-state index in [1.807, 2.05) is 0 Å². The van der Waals surface area contributed by atoms with Crippen molar-refractivity contribution in [2.24, 2.45) is 5.41 Å². The second-order valence-corrected chi connectivity index (χ2v) is 7.52. The van der Waals surface area contributed by atoms with Gasteiger partial charge in [0, 0.05) is 9.22 Å². The van der Waals surface area contributed by atoms with Gasteiger partial charge in [-0.2, -0.15) is 11.8 Å². The molecule has 0 heterocycles. The predicted molar refractivity (Wildman–Crippen MR) is 74.9 cm³/mol. The van der Waals surface area contributed by atoms with E-state index in [1.54, 1.807) is 0 Å². The lowest BCUT2D eigenvalue weighted by atomic mass is 9.50. The Morgan fingerprint density at radius 2 is 1.75 bits per heavy atom. The quantitative estimate of drug-likeness (QED) is 0.742. The van der Waals surface area contributed by atoms with Crippen LogP contribution in [0, 0.1) is 5.41 Å². The molecule has 0 aromatic heterocycles. The third kappa shape index (κ3) is 1.57. The molecule has 0 bridgehead atoms. The van der Waals surface area contributed by atoms with Crippen molar-refractivity contribution in [3.63, 3.8) is 0 Å². The fraction of sp³-hybridized carbons (Fsp3) is 0.571. The maximum atomic E-state index is 3.51. The minimum Gasteiger partial charge on any atom is -0.154 e. The molecule has 0 nitrogen and oxygen atoms in total. The second kappa shape index (κ2) is 3.78. The highest BCUT2D eigenvalue weighted by molar-refractivity contribution is 9.10. The maximum Gasteiger partial charge on any atom is 0.0416 e. The van der Waals surface area contributed by atoms with Crippen molar-refractivity contribution in [3.05, 3.63) is 34.3 Å². The summed E-state index contributed by atoms with van der Waals surface area (Å²) in [5.74, 6) is 0. The zero-order valence-electron chi connectivity index (χ0n) is 9.63. The molecule has 2 saturated carbocycles. The topological polar surface area (TPSA) is 0 Å². The lowest BCUT2D eigenvalue weighted by molar-refractivity contribution is -0.00655. The van der Waals surface area contributed by atoms with Crippen LogP contribution in [-0.4, -0.2) is 6.26 Å². The summed E-state index contributed by atoms with van der Waals surface area (Å²) >= 11 is 5.57. The molecule has 3 rings (SSSR count). The molecule has 1 aromatic rings. The molecule has 2 aliphatic carbocycles. The van der Waals surface area contributed by atoms with Gasteiger partial charge in [-0.15, -0.1) is 0 Å². The summed E-state index contributed by atoms with van der Waals surface area (Å²) in [6.45, 7) is 0. The van der Waals surface area contributed by atoms with E-state index >= 15 is 0 Å². The number of benzene rings is 1. The first-order valence-electron chi connectivity index (χ1n) is 5.99. The van der Waals surface area contributed by atoms with E-state index in [2.05, 4.69) is 58.2 Å².